The molecule has 0 N–H and O–H groups in total. The molecule has 1 heterocycles. The lowest BCUT2D eigenvalue weighted by molar-refractivity contribution is -0.274. The fourth-order valence-corrected chi connectivity index (χ4v) is 2.68. The van der Waals surface area contributed by atoms with Gasteiger partial charge in [0.2, 0.25) is 0 Å². The number of ether oxygens (including phenoxy) is 2. The highest BCUT2D eigenvalue weighted by Gasteiger charge is 2.31. The van der Waals surface area contributed by atoms with Gasteiger partial charge in [-0.2, -0.15) is 0 Å². The smallest absolute Gasteiger partial charge is 0.487 e. The Bertz CT molecular complexity index is 616. The molecule has 3 nitrogen and oxygen atoms in total. The quantitative estimate of drug-likeness (QED) is 0.734. The summed E-state index contributed by atoms with van der Waals surface area (Å²) in [6.45, 7) is 2.28. The van der Waals surface area contributed by atoms with Crippen LogP contribution in [0.1, 0.15) is 17.6 Å². The Morgan fingerprint density at radius 3 is 2.67 bits per heavy atom. The van der Waals surface area contributed by atoms with Crippen LogP contribution in [0, 0.1) is 0 Å². The van der Waals surface area contributed by atoms with E-state index in [4.69, 9.17) is 4.74 Å². The summed E-state index contributed by atoms with van der Waals surface area (Å²) in [5, 5.41) is 2.92. The van der Waals surface area contributed by atoms with Crippen LogP contribution in [0.15, 0.2) is 28.1 Å². The van der Waals surface area contributed by atoms with Gasteiger partial charge >= 0.3 is 6.36 Å². The van der Waals surface area contributed by atoms with Crippen LogP contribution >= 0.6 is 27.3 Å². The van der Waals surface area contributed by atoms with E-state index in [1.807, 2.05) is 12.3 Å². The number of aromatic nitrogens is 1. The van der Waals surface area contributed by atoms with Crippen molar-refractivity contribution in [3.63, 3.8) is 0 Å². The fourth-order valence-electron chi connectivity index (χ4n) is 1.51. The summed E-state index contributed by atoms with van der Waals surface area (Å²) >= 11 is 4.57. The maximum atomic E-state index is 12.1. The number of hydrogen-bond donors (Lipinski definition) is 0. The van der Waals surface area contributed by atoms with Crippen molar-refractivity contribution in [2.24, 2.45) is 0 Å². The summed E-state index contributed by atoms with van der Waals surface area (Å²) in [5.74, 6) is 0.124. The summed E-state index contributed by atoms with van der Waals surface area (Å²) in [6.07, 6.45) is -3.86. The molecule has 0 fully saturated rings. The van der Waals surface area contributed by atoms with E-state index in [1.54, 1.807) is 11.3 Å². The monoisotopic (exact) mass is 381 g/mol. The molecule has 2 rings (SSSR count). The summed E-state index contributed by atoms with van der Waals surface area (Å²) < 4.78 is 46.0. The van der Waals surface area contributed by atoms with Gasteiger partial charge in [0.15, 0.2) is 0 Å². The molecule has 0 atom stereocenters. The third-order valence-electron chi connectivity index (χ3n) is 2.42. The number of nitrogens with zero attached hydrogens (tertiary/aromatic N) is 1. The van der Waals surface area contributed by atoms with Gasteiger partial charge in [0.05, 0.1) is 15.2 Å². The van der Waals surface area contributed by atoms with E-state index in [2.05, 4.69) is 25.7 Å². The molecule has 1 aromatic carbocycles. The van der Waals surface area contributed by atoms with Crippen molar-refractivity contribution in [2.75, 3.05) is 0 Å². The Balaban J connectivity index is 1.99. The average molecular weight is 382 g/mol. The zero-order valence-corrected chi connectivity index (χ0v) is 13.3. The van der Waals surface area contributed by atoms with Gasteiger partial charge in [-0.1, -0.05) is 6.92 Å². The molecule has 2 aromatic rings. The second-order valence-corrected chi connectivity index (χ2v) is 5.81. The molecule has 0 bridgehead atoms. The fraction of sp³-hybridized carbons (Fsp3) is 0.308. The van der Waals surface area contributed by atoms with Crippen molar-refractivity contribution in [1.82, 2.24) is 4.98 Å². The minimum atomic E-state index is -4.72. The Hall–Kier alpha value is -1.28. The van der Waals surface area contributed by atoms with E-state index in [9.17, 15) is 13.2 Å². The molecule has 0 amide bonds. The highest BCUT2D eigenvalue weighted by molar-refractivity contribution is 9.10. The Kier molecular flexibility index (Phi) is 5.10. The standard InChI is InChI=1S/C13H11BrF3NO2S/c1-2-12-18-8(7-21-12)6-19-9-3-4-11(10(14)5-9)20-13(15,16)17/h3-5,7H,2,6H2,1H3. The second kappa shape index (κ2) is 6.65. The first-order valence-electron chi connectivity index (χ1n) is 5.98. The average Bonchev–Trinajstić information content (AvgIpc) is 2.86. The lowest BCUT2D eigenvalue weighted by Gasteiger charge is -2.11. The lowest BCUT2D eigenvalue weighted by atomic mass is 10.3. The van der Waals surface area contributed by atoms with E-state index >= 15 is 0 Å². The molecule has 0 saturated heterocycles. The first-order chi connectivity index (χ1) is 9.87. The van der Waals surface area contributed by atoms with Crippen molar-refractivity contribution >= 4 is 27.3 Å². The number of hydrogen-bond acceptors (Lipinski definition) is 4. The summed E-state index contributed by atoms with van der Waals surface area (Å²) in [6, 6.07) is 4.04. The maximum Gasteiger partial charge on any atom is 0.573 e. The van der Waals surface area contributed by atoms with Gasteiger partial charge in [-0.3, -0.25) is 0 Å². The highest BCUT2D eigenvalue weighted by atomic mass is 79.9. The molecule has 0 saturated carbocycles. The third kappa shape index (κ3) is 4.89. The predicted molar refractivity (Wildman–Crippen MR) is 76.6 cm³/mol. The number of aryl methyl sites for hydroxylation is 1. The Labute approximate surface area is 131 Å². The Morgan fingerprint density at radius 1 is 1.33 bits per heavy atom. The molecule has 114 valence electrons. The minimum Gasteiger partial charge on any atom is -0.487 e. The molecule has 0 aliphatic rings. The van der Waals surface area contributed by atoms with E-state index in [0.717, 1.165) is 17.1 Å². The molecule has 1 aromatic heterocycles. The van der Waals surface area contributed by atoms with Crippen molar-refractivity contribution in [3.05, 3.63) is 38.8 Å². The van der Waals surface area contributed by atoms with Crippen LogP contribution in [0.4, 0.5) is 13.2 Å². The van der Waals surface area contributed by atoms with Gasteiger partial charge in [-0.05, 0) is 40.5 Å². The molecule has 0 unspecified atom stereocenters. The van der Waals surface area contributed by atoms with Crippen LogP contribution in [0.3, 0.4) is 0 Å². The maximum absolute atomic E-state index is 12.1. The van der Waals surface area contributed by atoms with E-state index in [-0.39, 0.29) is 16.8 Å². The molecule has 0 aliphatic carbocycles. The minimum absolute atomic E-state index is 0.171. The van der Waals surface area contributed by atoms with E-state index in [1.165, 1.54) is 18.2 Å². The topological polar surface area (TPSA) is 31.4 Å². The van der Waals surface area contributed by atoms with Crippen LogP contribution in [-0.2, 0) is 13.0 Å². The zero-order chi connectivity index (χ0) is 15.5. The number of rotatable bonds is 5. The molecule has 8 heteroatoms. The van der Waals surface area contributed by atoms with Crippen LogP contribution in [-0.4, -0.2) is 11.3 Å². The van der Waals surface area contributed by atoms with Crippen LogP contribution in [0.25, 0.3) is 0 Å². The lowest BCUT2D eigenvalue weighted by Crippen LogP contribution is -2.17. The van der Waals surface area contributed by atoms with Gasteiger partial charge in [0.1, 0.15) is 18.1 Å². The number of thiazole rings is 1. The summed E-state index contributed by atoms with van der Waals surface area (Å²) in [7, 11) is 0. The predicted octanol–water partition coefficient (Wildman–Crippen LogP) is 4.95. The number of benzene rings is 1. The molecule has 21 heavy (non-hydrogen) atoms. The van der Waals surface area contributed by atoms with Crippen LogP contribution in [0.2, 0.25) is 0 Å². The Morgan fingerprint density at radius 2 is 2.10 bits per heavy atom. The molecule has 0 spiro atoms. The van der Waals surface area contributed by atoms with Gasteiger partial charge in [-0.25, -0.2) is 4.98 Å². The van der Waals surface area contributed by atoms with E-state index < -0.39 is 6.36 Å². The zero-order valence-electron chi connectivity index (χ0n) is 10.9. The molecule has 0 radical (unpaired) electrons. The largest absolute Gasteiger partial charge is 0.573 e. The van der Waals surface area contributed by atoms with Gasteiger partial charge in [0.25, 0.3) is 0 Å². The van der Waals surface area contributed by atoms with Gasteiger partial charge in [-0.15, -0.1) is 24.5 Å². The normalized spacial score (nSPS) is 11.5. The van der Waals surface area contributed by atoms with Crippen molar-refractivity contribution < 1.29 is 22.6 Å². The molecular weight excluding hydrogens is 371 g/mol. The summed E-state index contributed by atoms with van der Waals surface area (Å²) in [4.78, 5) is 4.34. The van der Waals surface area contributed by atoms with Crippen LogP contribution in [0.5, 0.6) is 11.5 Å². The van der Waals surface area contributed by atoms with Crippen molar-refractivity contribution in [1.29, 1.82) is 0 Å². The summed E-state index contributed by atoms with van der Waals surface area (Å²) in [5.41, 5.74) is 0.795. The van der Waals surface area contributed by atoms with Crippen molar-refractivity contribution in [2.45, 2.75) is 26.3 Å². The first-order valence-corrected chi connectivity index (χ1v) is 7.66. The van der Waals surface area contributed by atoms with E-state index in [0.29, 0.717) is 5.75 Å². The first kappa shape index (κ1) is 16.1. The highest BCUT2D eigenvalue weighted by Crippen LogP contribution is 2.33. The molecule has 0 aliphatic heterocycles. The third-order valence-corrected chi connectivity index (χ3v) is 4.08. The number of halogens is 4. The van der Waals surface area contributed by atoms with Crippen LogP contribution < -0.4 is 9.47 Å². The SMILES string of the molecule is CCc1nc(COc2ccc(OC(F)(F)F)c(Br)c2)cs1. The van der Waals surface area contributed by atoms with Crippen molar-refractivity contribution in [3.8, 4) is 11.5 Å². The molecular formula is C13H11BrF3NO2S. The van der Waals surface area contributed by atoms with Gasteiger partial charge < -0.3 is 9.47 Å². The van der Waals surface area contributed by atoms with Gasteiger partial charge in [0, 0.05) is 5.38 Å². The number of alkyl halides is 3. The second-order valence-electron chi connectivity index (χ2n) is 4.01.